The van der Waals surface area contributed by atoms with Crippen molar-refractivity contribution in [3.63, 3.8) is 0 Å². The van der Waals surface area contributed by atoms with Gasteiger partial charge in [0.15, 0.2) is 5.11 Å². The van der Waals surface area contributed by atoms with E-state index in [9.17, 15) is 14.0 Å². The van der Waals surface area contributed by atoms with E-state index in [2.05, 4.69) is 16.9 Å². The van der Waals surface area contributed by atoms with Gasteiger partial charge in [0.1, 0.15) is 5.82 Å². The van der Waals surface area contributed by atoms with Gasteiger partial charge in [0, 0.05) is 19.6 Å². The monoisotopic (exact) mass is 413 g/mol. The molecular formula is C17H20FN3O2S3. The molecule has 26 heavy (non-hydrogen) atoms. The number of nitrogens with zero attached hydrogens (tertiary/aromatic N) is 1. The summed E-state index contributed by atoms with van der Waals surface area (Å²) in [5.41, 5.74) is 0.672. The Hall–Kier alpha value is -1.58. The van der Waals surface area contributed by atoms with Crippen molar-refractivity contribution in [3.05, 3.63) is 40.6 Å². The molecule has 0 atom stereocenters. The highest BCUT2D eigenvalue weighted by atomic mass is 32.2. The van der Waals surface area contributed by atoms with E-state index < -0.39 is 0 Å². The molecule has 0 aliphatic carbocycles. The molecule has 1 aromatic carbocycles. The van der Waals surface area contributed by atoms with E-state index in [1.165, 1.54) is 17.0 Å². The Morgan fingerprint density at radius 2 is 1.96 bits per heavy atom. The number of nitrogens with one attached hydrogen (secondary N) is 2. The SMILES string of the molecule is CSCCCNC(=S)NCCN1C(=O)S/C(=C\c2ccc(F)cc2)C1=O. The predicted octanol–water partition coefficient (Wildman–Crippen LogP) is 3.08. The van der Waals surface area contributed by atoms with Crippen LogP contribution in [0.4, 0.5) is 9.18 Å². The molecule has 0 spiro atoms. The second kappa shape index (κ2) is 10.5. The summed E-state index contributed by atoms with van der Waals surface area (Å²) in [5, 5.41) is 6.28. The van der Waals surface area contributed by atoms with Gasteiger partial charge in [0.05, 0.1) is 4.91 Å². The summed E-state index contributed by atoms with van der Waals surface area (Å²) in [6.07, 6.45) is 4.66. The Kier molecular flexibility index (Phi) is 8.40. The van der Waals surface area contributed by atoms with Crippen LogP contribution < -0.4 is 10.6 Å². The maximum atomic E-state index is 12.9. The quantitative estimate of drug-likeness (QED) is 0.386. The third-order valence-electron chi connectivity index (χ3n) is 3.47. The first kappa shape index (κ1) is 20.7. The number of amides is 2. The molecule has 1 aliphatic heterocycles. The minimum Gasteiger partial charge on any atom is -0.363 e. The second-order valence-corrected chi connectivity index (χ2v) is 7.80. The van der Waals surface area contributed by atoms with Gasteiger partial charge in [-0.25, -0.2) is 4.39 Å². The van der Waals surface area contributed by atoms with Crippen LogP contribution in [0.1, 0.15) is 12.0 Å². The van der Waals surface area contributed by atoms with Crippen LogP contribution >= 0.6 is 35.7 Å². The van der Waals surface area contributed by atoms with Gasteiger partial charge in [-0.1, -0.05) is 12.1 Å². The minimum atomic E-state index is -0.348. The van der Waals surface area contributed by atoms with E-state index >= 15 is 0 Å². The van der Waals surface area contributed by atoms with E-state index in [1.54, 1.807) is 30.0 Å². The van der Waals surface area contributed by atoms with Crippen LogP contribution in [0.15, 0.2) is 29.2 Å². The molecule has 1 saturated heterocycles. The molecule has 0 aromatic heterocycles. The Balaban J connectivity index is 1.81. The fourth-order valence-corrected chi connectivity index (χ4v) is 3.67. The summed E-state index contributed by atoms with van der Waals surface area (Å²) in [6, 6.07) is 5.75. The zero-order valence-corrected chi connectivity index (χ0v) is 16.7. The third-order valence-corrected chi connectivity index (χ3v) is 5.37. The zero-order chi connectivity index (χ0) is 18.9. The van der Waals surface area contributed by atoms with Crippen molar-refractivity contribution in [3.8, 4) is 0 Å². The van der Waals surface area contributed by atoms with Gasteiger partial charge in [-0.05, 0) is 66.2 Å². The predicted molar refractivity (Wildman–Crippen MR) is 111 cm³/mol. The zero-order valence-electron chi connectivity index (χ0n) is 14.3. The first-order valence-electron chi connectivity index (χ1n) is 8.03. The fraction of sp³-hybridized carbons (Fsp3) is 0.353. The van der Waals surface area contributed by atoms with Gasteiger partial charge in [-0.3, -0.25) is 14.5 Å². The molecule has 9 heteroatoms. The van der Waals surface area contributed by atoms with Crippen molar-refractivity contribution in [2.75, 3.05) is 31.6 Å². The normalized spacial score (nSPS) is 15.6. The van der Waals surface area contributed by atoms with E-state index in [0.29, 0.717) is 22.1 Å². The summed E-state index contributed by atoms with van der Waals surface area (Å²) < 4.78 is 12.9. The molecular weight excluding hydrogens is 393 g/mol. The molecule has 140 valence electrons. The van der Waals surface area contributed by atoms with Gasteiger partial charge < -0.3 is 10.6 Å². The van der Waals surface area contributed by atoms with Crippen LogP contribution in [0.2, 0.25) is 0 Å². The average molecular weight is 414 g/mol. The van der Waals surface area contributed by atoms with Crippen molar-refractivity contribution >= 4 is 58.1 Å². The lowest BCUT2D eigenvalue weighted by Gasteiger charge is -2.14. The van der Waals surface area contributed by atoms with Gasteiger partial charge in [0.25, 0.3) is 11.1 Å². The summed E-state index contributed by atoms with van der Waals surface area (Å²) in [7, 11) is 0. The fourth-order valence-electron chi connectivity index (χ4n) is 2.17. The second-order valence-electron chi connectivity index (χ2n) is 5.41. The third kappa shape index (κ3) is 6.30. The molecule has 0 bridgehead atoms. The van der Waals surface area contributed by atoms with E-state index in [4.69, 9.17) is 12.2 Å². The molecule has 0 unspecified atom stereocenters. The number of hydrogen-bond acceptors (Lipinski definition) is 5. The lowest BCUT2D eigenvalue weighted by Crippen LogP contribution is -2.41. The maximum absolute atomic E-state index is 12.9. The van der Waals surface area contributed by atoms with Crippen molar-refractivity contribution < 1.29 is 14.0 Å². The largest absolute Gasteiger partial charge is 0.363 e. The highest BCUT2D eigenvalue weighted by Gasteiger charge is 2.34. The van der Waals surface area contributed by atoms with Crippen LogP contribution in [0, 0.1) is 5.82 Å². The van der Waals surface area contributed by atoms with Crippen LogP contribution in [-0.2, 0) is 4.79 Å². The first-order chi connectivity index (χ1) is 12.5. The molecule has 5 nitrogen and oxygen atoms in total. The molecule has 0 saturated carbocycles. The highest BCUT2D eigenvalue weighted by Crippen LogP contribution is 2.31. The van der Waals surface area contributed by atoms with Crippen molar-refractivity contribution in [1.29, 1.82) is 0 Å². The molecule has 1 heterocycles. The summed E-state index contributed by atoms with van der Waals surface area (Å²) in [6.45, 7) is 1.41. The van der Waals surface area contributed by atoms with E-state index in [1.807, 2.05) is 0 Å². The Morgan fingerprint density at radius 1 is 1.27 bits per heavy atom. The van der Waals surface area contributed by atoms with Gasteiger partial charge in [-0.15, -0.1) is 0 Å². The number of halogens is 1. The summed E-state index contributed by atoms with van der Waals surface area (Å²) >= 11 is 7.82. The summed E-state index contributed by atoms with van der Waals surface area (Å²) in [4.78, 5) is 25.9. The smallest absolute Gasteiger partial charge is 0.293 e. The molecule has 1 aromatic rings. The number of carbonyl (C=O) groups excluding carboxylic acids is 2. The first-order valence-corrected chi connectivity index (χ1v) is 10.6. The number of thiocarbonyl (C=S) groups is 1. The molecule has 1 aliphatic rings. The molecule has 2 amide bonds. The van der Waals surface area contributed by atoms with Crippen LogP contribution in [0.25, 0.3) is 6.08 Å². The van der Waals surface area contributed by atoms with Crippen molar-refractivity contribution in [2.45, 2.75) is 6.42 Å². The lowest BCUT2D eigenvalue weighted by molar-refractivity contribution is -0.122. The molecule has 2 rings (SSSR count). The topological polar surface area (TPSA) is 61.4 Å². The average Bonchev–Trinajstić information content (AvgIpc) is 2.88. The van der Waals surface area contributed by atoms with Crippen LogP contribution in [0.3, 0.4) is 0 Å². The van der Waals surface area contributed by atoms with Crippen LogP contribution in [-0.4, -0.2) is 52.8 Å². The van der Waals surface area contributed by atoms with Gasteiger partial charge in [-0.2, -0.15) is 11.8 Å². The van der Waals surface area contributed by atoms with Crippen molar-refractivity contribution in [2.24, 2.45) is 0 Å². The minimum absolute atomic E-state index is 0.234. The number of hydrogen-bond donors (Lipinski definition) is 2. The molecule has 1 fully saturated rings. The standard InChI is InChI=1S/C17H20FN3O2S3/c1-25-10-2-7-19-16(24)20-8-9-21-15(22)14(26-17(21)23)11-12-3-5-13(18)6-4-12/h3-6,11H,2,7-10H2,1H3,(H2,19,20,24)/b14-11-. The van der Waals surface area contributed by atoms with Gasteiger partial charge in [0.2, 0.25) is 0 Å². The highest BCUT2D eigenvalue weighted by molar-refractivity contribution is 8.18. The summed E-state index contributed by atoms with van der Waals surface area (Å²) in [5.74, 6) is 0.372. The molecule has 2 N–H and O–H groups in total. The van der Waals surface area contributed by atoms with Gasteiger partial charge >= 0.3 is 0 Å². The lowest BCUT2D eigenvalue weighted by atomic mass is 10.2. The number of imide groups is 1. The Morgan fingerprint density at radius 3 is 2.65 bits per heavy atom. The number of carbonyl (C=O) groups is 2. The molecule has 0 radical (unpaired) electrons. The van der Waals surface area contributed by atoms with Crippen LogP contribution in [0.5, 0.6) is 0 Å². The van der Waals surface area contributed by atoms with Crippen molar-refractivity contribution in [1.82, 2.24) is 15.5 Å². The van der Waals surface area contributed by atoms with E-state index in [-0.39, 0.29) is 23.5 Å². The Bertz CT molecular complexity index is 695. The Labute approximate surface area is 166 Å². The number of thioether (sulfide) groups is 2. The number of rotatable bonds is 8. The maximum Gasteiger partial charge on any atom is 0.293 e. The van der Waals surface area contributed by atoms with E-state index in [0.717, 1.165) is 30.5 Å². The number of benzene rings is 1.